The number of aromatic nitrogens is 1. The van der Waals surface area contributed by atoms with E-state index in [1.54, 1.807) is 18.6 Å². The van der Waals surface area contributed by atoms with Gasteiger partial charge in [-0.2, -0.15) is 5.10 Å². The van der Waals surface area contributed by atoms with E-state index in [1.807, 2.05) is 18.2 Å². The third-order valence-corrected chi connectivity index (χ3v) is 2.49. The van der Waals surface area contributed by atoms with Gasteiger partial charge in [0.15, 0.2) is 0 Å². The molecule has 0 spiro atoms. The second kappa shape index (κ2) is 5.25. The van der Waals surface area contributed by atoms with Crippen LogP contribution in [0.15, 0.2) is 47.8 Å². The molecule has 1 N–H and O–H groups in total. The van der Waals surface area contributed by atoms with Gasteiger partial charge in [-0.05, 0) is 43.2 Å². The molecule has 1 aromatic heterocycles. The van der Waals surface area contributed by atoms with Gasteiger partial charge in [0.1, 0.15) is 0 Å². The molecule has 0 bridgehead atoms. The van der Waals surface area contributed by atoms with E-state index in [9.17, 15) is 0 Å². The molecule has 3 heteroatoms. The molecule has 1 aromatic carbocycles. The Kier molecular flexibility index (Phi) is 3.50. The summed E-state index contributed by atoms with van der Waals surface area (Å²) in [5.74, 6) is 0. The van der Waals surface area contributed by atoms with E-state index in [-0.39, 0.29) is 0 Å². The van der Waals surface area contributed by atoms with Gasteiger partial charge in [-0.1, -0.05) is 17.7 Å². The Balaban J connectivity index is 2.05. The molecular weight excluding hydrogens is 210 g/mol. The lowest BCUT2D eigenvalue weighted by Gasteiger charge is -2.05. The van der Waals surface area contributed by atoms with Crippen molar-refractivity contribution in [2.24, 2.45) is 5.10 Å². The van der Waals surface area contributed by atoms with Gasteiger partial charge in [-0.3, -0.25) is 10.4 Å². The summed E-state index contributed by atoms with van der Waals surface area (Å²) in [4.78, 5) is 3.95. The summed E-state index contributed by atoms with van der Waals surface area (Å²) in [5.41, 5.74) is 7.54. The second-order valence-corrected chi connectivity index (χ2v) is 3.97. The van der Waals surface area contributed by atoms with Crippen molar-refractivity contribution in [2.45, 2.75) is 13.8 Å². The number of hydrogen-bond donors (Lipinski definition) is 1. The van der Waals surface area contributed by atoms with Crippen LogP contribution in [0.2, 0.25) is 0 Å². The number of aryl methyl sites for hydroxylation is 2. The molecule has 0 unspecified atom stereocenters. The van der Waals surface area contributed by atoms with E-state index in [2.05, 4.69) is 41.5 Å². The van der Waals surface area contributed by atoms with Crippen LogP contribution in [0.25, 0.3) is 0 Å². The topological polar surface area (TPSA) is 37.3 Å². The highest BCUT2D eigenvalue weighted by atomic mass is 15.3. The molecular formula is C14H15N3. The summed E-state index contributed by atoms with van der Waals surface area (Å²) in [6.07, 6.45) is 5.28. The molecule has 86 valence electrons. The van der Waals surface area contributed by atoms with Crippen LogP contribution in [0.4, 0.5) is 5.69 Å². The summed E-state index contributed by atoms with van der Waals surface area (Å²) >= 11 is 0. The molecule has 1 heterocycles. The molecule has 2 aromatic rings. The van der Waals surface area contributed by atoms with Gasteiger partial charge in [0.2, 0.25) is 0 Å². The zero-order chi connectivity index (χ0) is 12.1. The number of nitrogens with one attached hydrogen (secondary N) is 1. The molecule has 0 aliphatic carbocycles. The predicted molar refractivity (Wildman–Crippen MR) is 71.4 cm³/mol. The number of nitrogens with zero attached hydrogens (tertiary/aromatic N) is 2. The molecule has 2 rings (SSSR count). The summed E-state index contributed by atoms with van der Waals surface area (Å²) in [6, 6.07) is 10.1. The normalized spacial score (nSPS) is 10.7. The fourth-order valence-electron chi connectivity index (χ4n) is 1.56. The van der Waals surface area contributed by atoms with E-state index >= 15 is 0 Å². The first-order valence-corrected chi connectivity index (χ1v) is 5.52. The number of rotatable bonds is 3. The van der Waals surface area contributed by atoms with Crippen LogP contribution in [0.3, 0.4) is 0 Å². The Hall–Kier alpha value is -2.16. The Morgan fingerprint density at radius 3 is 2.59 bits per heavy atom. The minimum atomic E-state index is 1.03. The maximum atomic E-state index is 4.20. The highest BCUT2D eigenvalue weighted by molar-refractivity contribution is 5.79. The lowest BCUT2D eigenvalue weighted by molar-refractivity contribution is 1.28. The third-order valence-electron chi connectivity index (χ3n) is 2.49. The SMILES string of the molecule is Cc1ccc(NN=Cc2ccncc2)c(C)c1. The summed E-state index contributed by atoms with van der Waals surface area (Å²) in [5, 5.41) is 4.20. The summed E-state index contributed by atoms with van der Waals surface area (Å²) in [7, 11) is 0. The van der Waals surface area contributed by atoms with Crippen LogP contribution in [0.1, 0.15) is 16.7 Å². The van der Waals surface area contributed by atoms with Crippen molar-refractivity contribution in [3.8, 4) is 0 Å². The molecule has 0 amide bonds. The van der Waals surface area contributed by atoms with Crippen molar-refractivity contribution in [1.82, 2.24) is 4.98 Å². The zero-order valence-corrected chi connectivity index (χ0v) is 10.0. The molecule has 0 aliphatic rings. The average Bonchev–Trinajstić information content (AvgIpc) is 2.33. The molecule has 0 aliphatic heterocycles. The number of hydrazone groups is 1. The van der Waals surface area contributed by atoms with E-state index < -0.39 is 0 Å². The minimum absolute atomic E-state index is 1.03. The number of hydrogen-bond acceptors (Lipinski definition) is 3. The fraction of sp³-hybridized carbons (Fsp3) is 0.143. The molecule has 0 fully saturated rings. The summed E-state index contributed by atoms with van der Waals surface area (Å²) in [6.45, 7) is 4.15. The predicted octanol–water partition coefficient (Wildman–Crippen LogP) is 3.14. The van der Waals surface area contributed by atoms with Crippen LogP contribution >= 0.6 is 0 Å². The van der Waals surface area contributed by atoms with Crippen molar-refractivity contribution in [3.63, 3.8) is 0 Å². The van der Waals surface area contributed by atoms with Crippen molar-refractivity contribution < 1.29 is 0 Å². The van der Waals surface area contributed by atoms with Gasteiger partial charge >= 0.3 is 0 Å². The first kappa shape index (κ1) is 11.3. The third kappa shape index (κ3) is 3.14. The largest absolute Gasteiger partial charge is 0.278 e. The quantitative estimate of drug-likeness (QED) is 0.643. The monoisotopic (exact) mass is 225 g/mol. The highest BCUT2D eigenvalue weighted by Gasteiger charge is 1.95. The van der Waals surface area contributed by atoms with E-state index in [1.165, 1.54) is 11.1 Å². The Morgan fingerprint density at radius 1 is 1.12 bits per heavy atom. The van der Waals surface area contributed by atoms with E-state index in [0.29, 0.717) is 0 Å². The van der Waals surface area contributed by atoms with Crippen molar-refractivity contribution >= 4 is 11.9 Å². The highest BCUT2D eigenvalue weighted by Crippen LogP contribution is 2.15. The number of benzene rings is 1. The van der Waals surface area contributed by atoms with Crippen LogP contribution in [0, 0.1) is 13.8 Å². The van der Waals surface area contributed by atoms with Crippen LogP contribution in [0.5, 0.6) is 0 Å². The van der Waals surface area contributed by atoms with Crippen molar-refractivity contribution in [3.05, 3.63) is 59.4 Å². The molecule has 0 radical (unpaired) electrons. The van der Waals surface area contributed by atoms with Crippen LogP contribution < -0.4 is 5.43 Å². The average molecular weight is 225 g/mol. The lowest BCUT2D eigenvalue weighted by atomic mass is 10.1. The maximum absolute atomic E-state index is 4.20. The standard InChI is InChI=1S/C14H15N3/c1-11-3-4-14(12(2)9-11)17-16-10-13-5-7-15-8-6-13/h3-10,17H,1-2H3. The van der Waals surface area contributed by atoms with E-state index in [0.717, 1.165) is 11.3 Å². The smallest absolute Gasteiger partial charge is 0.0591 e. The molecule has 3 nitrogen and oxygen atoms in total. The Morgan fingerprint density at radius 2 is 1.88 bits per heavy atom. The van der Waals surface area contributed by atoms with Crippen molar-refractivity contribution in [1.29, 1.82) is 0 Å². The van der Waals surface area contributed by atoms with Gasteiger partial charge in [-0.15, -0.1) is 0 Å². The van der Waals surface area contributed by atoms with Gasteiger partial charge in [-0.25, -0.2) is 0 Å². The molecule has 0 saturated carbocycles. The van der Waals surface area contributed by atoms with E-state index in [4.69, 9.17) is 0 Å². The maximum Gasteiger partial charge on any atom is 0.0591 e. The van der Waals surface area contributed by atoms with Crippen LogP contribution in [-0.4, -0.2) is 11.2 Å². The first-order valence-electron chi connectivity index (χ1n) is 5.52. The fourth-order valence-corrected chi connectivity index (χ4v) is 1.56. The second-order valence-electron chi connectivity index (χ2n) is 3.97. The molecule has 0 saturated heterocycles. The van der Waals surface area contributed by atoms with Crippen LogP contribution in [-0.2, 0) is 0 Å². The molecule has 17 heavy (non-hydrogen) atoms. The Labute approximate surface area is 101 Å². The zero-order valence-electron chi connectivity index (χ0n) is 10.0. The number of anilines is 1. The summed E-state index contributed by atoms with van der Waals surface area (Å²) < 4.78 is 0. The van der Waals surface area contributed by atoms with Crippen molar-refractivity contribution in [2.75, 3.05) is 5.43 Å². The van der Waals surface area contributed by atoms with Gasteiger partial charge in [0.05, 0.1) is 11.9 Å². The minimum Gasteiger partial charge on any atom is -0.278 e. The Bertz CT molecular complexity index is 518. The molecule has 0 atom stereocenters. The van der Waals surface area contributed by atoms with Gasteiger partial charge in [0, 0.05) is 12.4 Å². The lowest BCUT2D eigenvalue weighted by Crippen LogP contribution is -1.93. The van der Waals surface area contributed by atoms with Gasteiger partial charge in [0.25, 0.3) is 0 Å². The first-order chi connectivity index (χ1) is 8.25. The number of pyridine rings is 1. The van der Waals surface area contributed by atoms with Gasteiger partial charge < -0.3 is 0 Å².